The van der Waals surface area contributed by atoms with Gasteiger partial charge in [0, 0.05) is 23.5 Å². The third-order valence-corrected chi connectivity index (χ3v) is 2.92. The van der Waals surface area contributed by atoms with Gasteiger partial charge in [-0.15, -0.1) is 0 Å². The quantitative estimate of drug-likeness (QED) is 0.880. The largest absolute Gasteiger partial charge is 0.320 e. The lowest BCUT2D eigenvalue weighted by molar-refractivity contribution is 0.586. The molecule has 0 unspecified atom stereocenters. The lowest BCUT2D eigenvalue weighted by Crippen LogP contribution is -2.26. The Balaban J connectivity index is 2.45. The number of hydrogen-bond donors (Lipinski definition) is 2. The van der Waals surface area contributed by atoms with Gasteiger partial charge in [0.05, 0.1) is 10.5 Å². The minimum atomic E-state index is -0.0845. The van der Waals surface area contributed by atoms with E-state index in [2.05, 4.69) is 10.3 Å². The van der Waals surface area contributed by atoms with Crippen LogP contribution in [0.15, 0.2) is 29.1 Å². The monoisotopic (exact) mass is 250 g/mol. The molecule has 1 aromatic heterocycles. The van der Waals surface area contributed by atoms with Crippen molar-refractivity contribution < 1.29 is 0 Å². The van der Waals surface area contributed by atoms with Crippen molar-refractivity contribution in [2.45, 2.75) is 26.4 Å². The van der Waals surface area contributed by atoms with Gasteiger partial charge in [0.25, 0.3) is 5.56 Å². The number of aromatic nitrogens is 1. The third-order valence-electron chi connectivity index (χ3n) is 2.61. The minimum Gasteiger partial charge on any atom is -0.320 e. The Morgan fingerprint density at radius 3 is 2.88 bits per heavy atom. The zero-order chi connectivity index (χ0) is 12.4. The Hall–Kier alpha value is -1.32. The molecule has 1 aromatic carbocycles. The zero-order valence-electron chi connectivity index (χ0n) is 9.88. The van der Waals surface area contributed by atoms with Crippen molar-refractivity contribution in [2.75, 3.05) is 0 Å². The fourth-order valence-electron chi connectivity index (χ4n) is 1.69. The molecule has 0 saturated heterocycles. The summed E-state index contributed by atoms with van der Waals surface area (Å²) in [7, 11) is 0. The maximum absolute atomic E-state index is 11.8. The second-order valence-corrected chi connectivity index (χ2v) is 4.77. The van der Waals surface area contributed by atoms with Crippen molar-refractivity contribution >= 4 is 22.5 Å². The maximum atomic E-state index is 11.8. The molecule has 17 heavy (non-hydrogen) atoms. The van der Waals surface area contributed by atoms with Crippen LogP contribution in [0.2, 0.25) is 5.02 Å². The molecule has 0 aliphatic heterocycles. The number of aromatic amines is 1. The normalized spacial score (nSPS) is 11.3. The van der Waals surface area contributed by atoms with Crippen LogP contribution in [-0.2, 0) is 6.54 Å². The Morgan fingerprint density at radius 1 is 1.41 bits per heavy atom. The molecule has 0 aliphatic carbocycles. The molecule has 0 bridgehead atoms. The number of benzene rings is 1. The molecule has 0 atom stereocenters. The van der Waals surface area contributed by atoms with Crippen LogP contribution >= 0.6 is 11.6 Å². The van der Waals surface area contributed by atoms with Crippen LogP contribution in [-0.4, -0.2) is 11.0 Å². The molecule has 2 N–H and O–H groups in total. The second-order valence-electron chi connectivity index (χ2n) is 4.36. The van der Waals surface area contributed by atoms with Crippen molar-refractivity contribution in [2.24, 2.45) is 0 Å². The van der Waals surface area contributed by atoms with E-state index in [9.17, 15) is 4.79 Å². The van der Waals surface area contributed by atoms with Gasteiger partial charge in [-0.05, 0) is 12.1 Å². The first-order valence-corrected chi connectivity index (χ1v) is 5.99. The molecule has 2 aromatic rings. The number of rotatable bonds is 3. The van der Waals surface area contributed by atoms with E-state index in [0.717, 1.165) is 10.9 Å². The van der Waals surface area contributed by atoms with Crippen LogP contribution in [0.25, 0.3) is 10.9 Å². The molecule has 2 rings (SSSR count). The molecule has 90 valence electrons. The smallest absolute Gasteiger partial charge is 0.252 e. The van der Waals surface area contributed by atoms with E-state index in [1.165, 1.54) is 0 Å². The summed E-state index contributed by atoms with van der Waals surface area (Å²) in [5.74, 6) is 0. The first kappa shape index (κ1) is 12.1. The molecule has 4 heteroatoms. The standard InChI is InChI=1S/C13H15ClN2O/c1-8(2)15-7-10-6-9-4-3-5-11(14)12(9)16-13(10)17/h3-6,8,15H,7H2,1-2H3,(H,16,17). The molecular formula is C13H15ClN2O. The summed E-state index contributed by atoms with van der Waals surface area (Å²) in [6, 6.07) is 7.82. The molecule has 3 nitrogen and oxygen atoms in total. The molecule has 0 saturated carbocycles. The highest BCUT2D eigenvalue weighted by atomic mass is 35.5. The lowest BCUT2D eigenvalue weighted by atomic mass is 10.1. The van der Waals surface area contributed by atoms with E-state index >= 15 is 0 Å². The van der Waals surface area contributed by atoms with Gasteiger partial charge in [0.1, 0.15) is 0 Å². The number of fused-ring (bicyclic) bond motifs is 1. The predicted octanol–water partition coefficient (Wildman–Crippen LogP) is 2.68. The van der Waals surface area contributed by atoms with Gasteiger partial charge in [-0.1, -0.05) is 37.6 Å². The summed E-state index contributed by atoms with van der Waals surface area (Å²) in [6.45, 7) is 4.66. The summed E-state index contributed by atoms with van der Waals surface area (Å²) in [4.78, 5) is 14.7. The van der Waals surface area contributed by atoms with Crippen LogP contribution < -0.4 is 10.9 Å². The average molecular weight is 251 g/mol. The van der Waals surface area contributed by atoms with Gasteiger partial charge >= 0.3 is 0 Å². The Kier molecular flexibility index (Phi) is 3.50. The summed E-state index contributed by atoms with van der Waals surface area (Å²) < 4.78 is 0. The van der Waals surface area contributed by atoms with Crippen LogP contribution in [0.5, 0.6) is 0 Å². The van der Waals surface area contributed by atoms with Crippen molar-refractivity contribution in [3.05, 3.63) is 45.2 Å². The van der Waals surface area contributed by atoms with E-state index in [4.69, 9.17) is 11.6 Å². The number of halogens is 1. The Morgan fingerprint density at radius 2 is 2.18 bits per heavy atom. The van der Waals surface area contributed by atoms with Crippen LogP contribution in [0.1, 0.15) is 19.4 Å². The first-order chi connectivity index (χ1) is 8.08. The van der Waals surface area contributed by atoms with Crippen molar-refractivity contribution in [1.29, 1.82) is 0 Å². The SMILES string of the molecule is CC(C)NCc1cc2cccc(Cl)c2[nH]c1=O. The molecule has 0 spiro atoms. The van der Waals surface area contributed by atoms with Crippen molar-refractivity contribution in [1.82, 2.24) is 10.3 Å². The van der Waals surface area contributed by atoms with E-state index in [0.29, 0.717) is 23.1 Å². The highest BCUT2D eigenvalue weighted by Gasteiger charge is 2.05. The number of H-pyrrole nitrogens is 1. The minimum absolute atomic E-state index is 0.0845. The van der Waals surface area contributed by atoms with Crippen LogP contribution in [0, 0.1) is 0 Å². The Labute approximate surface area is 105 Å². The maximum Gasteiger partial charge on any atom is 0.252 e. The summed E-state index contributed by atoms with van der Waals surface area (Å²) in [6.07, 6.45) is 0. The molecular weight excluding hydrogens is 236 g/mol. The fraction of sp³-hybridized carbons (Fsp3) is 0.308. The topological polar surface area (TPSA) is 44.9 Å². The third kappa shape index (κ3) is 2.68. The van der Waals surface area contributed by atoms with E-state index < -0.39 is 0 Å². The summed E-state index contributed by atoms with van der Waals surface area (Å²) in [5, 5.41) is 4.76. The predicted molar refractivity (Wildman–Crippen MR) is 71.6 cm³/mol. The van der Waals surface area contributed by atoms with E-state index in [1.807, 2.05) is 32.0 Å². The Bertz CT molecular complexity index is 589. The zero-order valence-corrected chi connectivity index (χ0v) is 10.6. The highest BCUT2D eigenvalue weighted by molar-refractivity contribution is 6.35. The molecule has 0 amide bonds. The second kappa shape index (κ2) is 4.90. The average Bonchev–Trinajstić information content (AvgIpc) is 2.28. The van der Waals surface area contributed by atoms with E-state index in [-0.39, 0.29) is 5.56 Å². The summed E-state index contributed by atoms with van der Waals surface area (Å²) >= 11 is 6.02. The van der Waals surface area contributed by atoms with Gasteiger partial charge in [-0.3, -0.25) is 4.79 Å². The molecule has 1 heterocycles. The molecule has 0 aliphatic rings. The molecule has 0 radical (unpaired) electrons. The van der Waals surface area contributed by atoms with Crippen molar-refractivity contribution in [3.63, 3.8) is 0 Å². The molecule has 0 fully saturated rings. The van der Waals surface area contributed by atoms with Crippen LogP contribution in [0.3, 0.4) is 0 Å². The van der Waals surface area contributed by atoms with E-state index in [1.54, 1.807) is 6.07 Å². The van der Waals surface area contributed by atoms with Crippen molar-refractivity contribution in [3.8, 4) is 0 Å². The first-order valence-electron chi connectivity index (χ1n) is 5.61. The number of para-hydroxylation sites is 1. The lowest BCUT2D eigenvalue weighted by Gasteiger charge is -2.08. The van der Waals surface area contributed by atoms with Crippen LogP contribution in [0.4, 0.5) is 0 Å². The highest BCUT2D eigenvalue weighted by Crippen LogP contribution is 2.20. The summed E-state index contributed by atoms with van der Waals surface area (Å²) in [5.41, 5.74) is 1.35. The fourth-order valence-corrected chi connectivity index (χ4v) is 1.91. The number of hydrogen-bond acceptors (Lipinski definition) is 2. The van der Waals surface area contributed by atoms with Gasteiger partial charge in [-0.2, -0.15) is 0 Å². The number of pyridine rings is 1. The van der Waals surface area contributed by atoms with Gasteiger partial charge in [0.15, 0.2) is 0 Å². The van der Waals surface area contributed by atoms with Gasteiger partial charge in [0.2, 0.25) is 0 Å². The van der Waals surface area contributed by atoms with Gasteiger partial charge in [-0.25, -0.2) is 0 Å². The number of nitrogens with one attached hydrogen (secondary N) is 2. The van der Waals surface area contributed by atoms with Gasteiger partial charge < -0.3 is 10.3 Å².